The summed E-state index contributed by atoms with van der Waals surface area (Å²) in [5.74, 6) is 0. The van der Waals surface area contributed by atoms with Crippen molar-refractivity contribution in [1.29, 1.82) is 0 Å². The summed E-state index contributed by atoms with van der Waals surface area (Å²) in [6.45, 7) is 4.22. The molecule has 100 valence electrons. The SMILES string of the molecule is COCCC1(CNC(C)c2ccc(Br)cc2)CC1. The van der Waals surface area contributed by atoms with Gasteiger partial charge in [-0.15, -0.1) is 0 Å². The van der Waals surface area contributed by atoms with Gasteiger partial charge in [0.25, 0.3) is 0 Å². The second-order valence-corrected chi connectivity index (χ2v) is 6.31. The zero-order valence-electron chi connectivity index (χ0n) is 11.2. The third-order valence-electron chi connectivity index (χ3n) is 3.95. The molecule has 0 amide bonds. The zero-order chi connectivity index (χ0) is 13.0. The van der Waals surface area contributed by atoms with Crippen LogP contribution in [0.1, 0.15) is 37.8 Å². The average molecular weight is 312 g/mol. The van der Waals surface area contributed by atoms with Gasteiger partial charge in [0.1, 0.15) is 0 Å². The Kier molecular flexibility index (Phi) is 4.82. The molecule has 1 aromatic carbocycles. The number of benzene rings is 1. The fourth-order valence-electron chi connectivity index (χ4n) is 2.25. The molecule has 1 fully saturated rings. The molecular formula is C15H22BrNO. The van der Waals surface area contributed by atoms with Crippen LogP contribution in [0.3, 0.4) is 0 Å². The van der Waals surface area contributed by atoms with Crippen molar-refractivity contribution in [2.24, 2.45) is 5.41 Å². The van der Waals surface area contributed by atoms with Crippen LogP contribution in [0.4, 0.5) is 0 Å². The van der Waals surface area contributed by atoms with E-state index in [1.807, 2.05) is 0 Å². The van der Waals surface area contributed by atoms with E-state index in [4.69, 9.17) is 4.74 Å². The summed E-state index contributed by atoms with van der Waals surface area (Å²) in [5.41, 5.74) is 1.86. The van der Waals surface area contributed by atoms with Gasteiger partial charge in [-0.25, -0.2) is 0 Å². The third-order valence-corrected chi connectivity index (χ3v) is 4.48. The predicted octanol–water partition coefficient (Wildman–Crippen LogP) is 3.92. The van der Waals surface area contributed by atoms with Gasteiger partial charge in [0.05, 0.1) is 0 Å². The molecule has 0 heterocycles. The molecule has 1 aliphatic carbocycles. The first-order valence-electron chi connectivity index (χ1n) is 6.63. The molecule has 0 aliphatic heterocycles. The van der Waals surface area contributed by atoms with Crippen molar-refractivity contribution in [3.8, 4) is 0 Å². The number of rotatable bonds is 7. The van der Waals surface area contributed by atoms with E-state index in [1.54, 1.807) is 7.11 Å². The van der Waals surface area contributed by atoms with Crippen LogP contribution in [0.5, 0.6) is 0 Å². The van der Waals surface area contributed by atoms with Gasteiger partial charge in [-0.1, -0.05) is 28.1 Å². The Balaban J connectivity index is 1.81. The molecule has 0 saturated heterocycles. The maximum atomic E-state index is 5.19. The van der Waals surface area contributed by atoms with Gasteiger partial charge in [-0.05, 0) is 49.3 Å². The highest BCUT2D eigenvalue weighted by Gasteiger charge is 2.41. The summed E-state index contributed by atoms with van der Waals surface area (Å²) in [5, 5.41) is 3.66. The fourth-order valence-corrected chi connectivity index (χ4v) is 2.51. The Morgan fingerprint density at radius 1 is 1.33 bits per heavy atom. The highest BCUT2D eigenvalue weighted by molar-refractivity contribution is 9.10. The molecule has 2 rings (SSSR count). The molecule has 18 heavy (non-hydrogen) atoms. The Labute approximate surface area is 118 Å². The normalized spacial score (nSPS) is 18.6. The molecule has 0 radical (unpaired) electrons. The molecule has 1 saturated carbocycles. The van der Waals surface area contributed by atoms with Crippen LogP contribution in [-0.2, 0) is 4.74 Å². The van der Waals surface area contributed by atoms with Crippen molar-refractivity contribution >= 4 is 15.9 Å². The molecule has 1 aliphatic rings. The number of hydrogen-bond acceptors (Lipinski definition) is 2. The summed E-state index contributed by atoms with van der Waals surface area (Å²) >= 11 is 3.47. The highest BCUT2D eigenvalue weighted by Crippen LogP contribution is 2.48. The van der Waals surface area contributed by atoms with E-state index in [-0.39, 0.29) is 0 Å². The van der Waals surface area contributed by atoms with Crippen molar-refractivity contribution in [3.63, 3.8) is 0 Å². The smallest absolute Gasteiger partial charge is 0.0468 e. The summed E-state index contributed by atoms with van der Waals surface area (Å²) in [7, 11) is 1.79. The van der Waals surface area contributed by atoms with Crippen LogP contribution >= 0.6 is 15.9 Å². The lowest BCUT2D eigenvalue weighted by molar-refractivity contribution is 0.170. The van der Waals surface area contributed by atoms with Crippen LogP contribution in [0.25, 0.3) is 0 Å². The maximum absolute atomic E-state index is 5.19. The Bertz CT molecular complexity index is 373. The van der Waals surface area contributed by atoms with Gasteiger partial charge in [0.15, 0.2) is 0 Å². The lowest BCUT2D eigenvalue weighted by atomic mass is 10.0. The van der Waals surface area contributed by atoms with Gasteiger partial charge < -0.3 is 10.1 Å². The van der Waals surface area contributed by atoms with E-state index < -0.39 is 0 Å². The van der Waals surface area contributed by atoms with Crippen LogP contribution in [0.2, 0.25) is 0 Å². The average Bonchev–Trinajstić information content (AvgIpc) is 3.15. The largest absolute Gasteiger partial charge is 0.385 e. The Hall–Kier alpha value is -0.380. The first-order chi connectivity index (χ1) is 8.65. The molecule has 1 aromatic rings. The second kappa shape index (κ2) is 6.18. The van der Waals surface area contributed by atoms with E-state index in [9.17, 15) is 0 Å². The molecule has 1 N–H and O–H groups in total. The summed E-state index contributed by atoms with van der Waals surface area (Å²) in [6, 6.07) is 8.97. The van der Waals surface area contributed by atoms with Gasteiger partial charge in [0, 0.05) is 30.8 Å². The van der Waals surface area contributed by atoms with E-state index in [0.29, 0.717) is 11.5 Å². The van der Waals surface area contributed by atoms with Crippen molar-refractivity contribution in [3.05, 3.63) is 34.3 Å². The molecule has 0 bridgehead atoms. The Morgan fingerprint density at radius 3 is 2.56 bits per heavy atom. The molecule has 1 atom stereocenters. The van der Waals surface area contributed by atoms with Crippen LogP contribution in [0, 0.1) is 5.41 Å². The van der Waals surface area contributed by atoms with Gasteiger partial charge >= 0.3 is 0 Å². The molecular weight excluding hydrogens is 290 g/mol. The van der Waals surface area contributed by atoms with Gasteiger partial charge in [-0.3, -0.25) is 0 Å². The summed E-state index contributed by atoms with van der Waals surface area (Å²) < 4.78 is 6.33. The minimum atomic E-state index is 0.415. The minimum Gasteiger partial charge on any atom is -0.385 e. The lowest BCUT2D eigenvalue weighted by Gasteiger charge is -2.20. The second-order valence-electron chi connectivity index (χ2n) is 5.40. The zero-order valence-corrected chi connectivity index (χ0v) is 12.8. The number of methoxy groups -OCH3 is 1. The van der Waals surface area contributed by atoms with Crippen LogP contribution in [0.15, 0.2) is 28.7 Å². The first-order valence-corrected chi connectivity index (χ1v) is 7.42. The standard InChI is InChI=1S/C15H22BrNO/c1-12(13-3-5-14(16)6-4-13)17-11-15(7-8-15)9-10-18-2/h3-6,12,17H,7-11H2,1-2H3. The fraction of sp³-hybridized carbons (Fsp3) is 0.600. The molecule has 0 spiro atoms. The van der Waals surface area contributed by atoms with Crippen LogP contribution < -0.4 is 5.32 Å². The molecule has 3 heteroatoms. The monoisotopic (exact) mass is 311 g/mol. The van der Waals surface area contributed by atoms with Crippen molar-refractivity contribution in [2.75, 3.05) is 20.3 Å². The van der Waals surface area contributed by atoms with Crippen molar-refractivity contribution in [1.82, 2.24) is 5.32 Å². The highest BCUT2D eigenvalue weighted by atomic mass is 79.9. The van der Waals surface area contributed by atoms with Crippen molar-refractivity contribution in [2.45, 2.75) is 32.2 Å². The molecule has 2 nitrogen and oxygen atoms in total. The number of ether oxygens (including phenoxy) is 1. The predicted molar refractivity (Wildman–Crippen MR) is 78.7 cm³/mol. The summed E-state index contributed by atoms with van der Waals surface area (Å²) in [6.07, 6.45) is 3.87. The first kappa shape index (κ1) is 14.0. The van der Waals surface area contributed by atoms with Gasteiger partial charge in [-0.2, -0.15) is 0 Å². The van der Waals surface area contributed by atoms with Crippen molar-refractivity contribution < 1.29 is 4.74 Å². The number of halogens is 1. The number of hydrogen-bond donors (Lipinski definition) is 1. The van der Waals surface area contributed by atoms with Crippen LogP contribution in [-0.4, -0.2) is 20.3 Å². The van der Waals surface area contributed by atoms with E-state index in [1.165, 1.54) is 24.8 Å². The minimum absolute atomic E-state index is 0.415. The lowest BCUT2D eigenvalue weighted by Crippen LogP contribution is -2.27. The third kappa shape index (κ3) is 3.81. The summed E-state index contributed by atoms with van der Waals surface area (Å²) in [4.78, 5) is 0. The molecule has 0 aromatic heterocycles. The van der Waals surface area contributed by atoms with E-state index >= 15 is 0 Å². The maximum Gasteiger partial charge on any atom is 0.0468 e. The van der Waals surface area contributed by atoms with E-state index in [2.05, 4.69) is 52.4 Å². The van der Waals surface area contributed by atoms with Gasteiger partial charge in [0.2, 0.25) is 0 Å². The number of nitrogens with one attached hydrogen (secondary N) is 1. The van der Waals surface area contributed by atoms with E-state index in [0.717, 1.165) is 17.6 Å². The quantitative estimate of drug-likeness (QED) is 0.824. The Morgan fingerprint density at radius 2 is 2.00 bits per heavy atom. The molecule has 1 unspecified atom stereocenters. The topological polar surface area (TPSA) is 21.3 Å².